The van der Waals surface area contributed by atoms with Crippen molar-refractivity contribution in [1.29, 1.82) is 0 Å². The van der Waals surface area contributed by atoms with Gasteiger partial charge in [0.2, 0.25) is 11.6 Å². The maximum absolute atomic E-state index is 13.9. The number of hydrogen-bond donors (Lipinski definition) is 2. The van der Waals surface area contributed by atoms with Gasteiger partial charge in [-0.1, -0.05) is 11.6 Å². The van der Waals surface area contributed by atoms with Gasteiger partial charge in [0.25, 0.3) is 0 Å². The molecule has 0 aliphatic heterocycles. The normalized spacial score (nSPS) is 11.1. The third-order valence-electron chi connectivity index (χ3n) is 3.02. The molecule has 0 heterocycles. The maximum atomic E-state index is 13.9. The molecular formula is C13H4BrClF6O2. The van der Waals surface area contributed by atoms with Crippen LogP contribution < -0.4 is 0 Å². The number of aromatic hydroxyl groups is 2. The van der Waals surface area contributed by atoms with Gasteiger partial charge in [-0.15, -0.1) is 0 Å². The molecule has 2 nitrogen and oxygen atoms in total. The molecule has 0 fully saturated rings. The third kappa shape index (κ3) is 2.72. The minimum absolute atomic E-state index is 0.695. The van der Waals surface area contributed by atoms with Gasteiger partial charge < -0.3 is 10.2 Å². The monoisotopic (exact) mass is 420 g/mol. The third-order valence-corrected chi connectivity index (χ3v) is 4.08. The van der Waals surface area contributed by atoms with Gasteiger partial charge in [0.15, 0.2) is 29.0 Å². The molecule has 2 rings (SSSR count). The van der Waals surface area contributed by atoms with E-state index in [4.69, 9.17) is 16.7 Å². The number of rotatable bonds is 2. The van der Waals surface area contributed by atoms with Gasteiger partial charge in [-0.25, -0.2) is 17.6 Å². The number of halogens is 8. The van der Waals surface area contributed by atoms with Crippen LogP contribution >= 0.6 is 27.5 Å². The van der Waals surface area contributed by atoms with E-state index in [9.17, 15) is 31.4 Å². The number of phenols is 2. The Morgan fingerprint density at radius 2 is 1.13 bits per heavy atom. The van der Waals surface area contributed by atoms with E-state index in [0.29, 0.717) is 0 Å². The summed E-state index contributed by atoms with van der Waals surface area (Å²) in [5, 5.41) is 17.2. The zero-order chi connectivity index (χ0) is 17.6. The predicted octanol–water partition coefficient (Wildman–Crippen LogP) is 4.94. The molecule has 0 saturated carbocycles. The summed E-state index contributed by atoms with van der Waals surface area (Å²) < 4.78 is 81.0. The second kappa shape index (κ2) is 6.12. The summed E-state index contributed by atoms with van der Waals surface area (Å²) in [5.41, 5.74) is -2.40. The summed E-state index contributed by atoms with van der Waals surface area (Å²) in [6.45, 7) is 0. The summed E-state index contributed by atoms with van der Waals surface area (Å²) in [5.74, 6) is -14.1. The molecule has 0 unspecified atom stereocenters. The lowest BCUT2D eigenvalue weighted by atomic mass is 10.0. The quantitative estimate of drug-likeness (QED) is 0.533. The highest BCUT2D eigenvalue weighted by atomic mass is 79.9. The van der Waals surface area contributed by atoms with Crippen LogP contribution in [0.25, 0.3) is 0 Å². The molecule has 0 aromatic heterocycles. The van der Waals surface area contributed by atoms with E-state index in [0.717, 1.165) is 0 Å². The first-order valence-corrected chi connectivity index (χ1v) is 6.84. The van der Waals surface area contributed by atoms with Gasteiger partial charge in [0.05, 0.1) is 4.47 Å². The Hall–Kier alpha value is -1.61. The summed E-state index contributed by atoms with van der Waals surface area (Å²) in [6.07, 6.45) is -1.26. The van der Waals surface area contributed by atoms with Gasteiger partial charge in [0, 0.05) is 17.5 Å². The Morgan fingerprint density at radius 1 is 0.696 bits per heavy atom. The van der Waals surface area contributed by atoms with Crippen LogP contribution in [-0.2, 0) is 6.42 Å². The molecule has 124 valence electrons. The molecule has 0 saturated heterocycles. The van der Waals surface area contributed by atoms with Crippen molar-refractivity contribution < 1.29 is 36.6 Å². The van der Waals surface area contributed by atoms with Gasteiger partial charge in [0.1, 0.15) is 10.8 Å². The predicted molar refractivity (Wildman–Crippen MR) is 71.5 cm³/mol. The van der Waals surface area contributed by atoms with Crippen molar-refractivity contribution in [3.8, 4) is 11.5 Å². The minimum atomic E-state index is -2.11. The van der Waals surface area contributed by atoms with E-state index in [1.165, 1.54) is 0 Å². The van der Waals surface area contributed by atoms with E-state index in [1.807, 2.05) is 0 Å². The fourth-order valence-electron chi connectivity index (χ4n) is 1.82. The molecule has 0 radical (unpaired) electrons. The van der Waals surface area contributed by atoms with Crippen molar-refractivity contribution in [2.75, 3.05) is 0 Å². The second-order valence-corrected chi connectivity index (χ2v) is 5.51. The largest absolute Gasteiger partial charge is 0.505 e. The highest BCUT2D eigenvalue weighted by Gasteiger charge is 2.29. The maximum Gasteiger partial charge on any atom is 0.203 e. The number of hydrogen-bond acceptors (Lipinski definition) is 2. The molecule has 2 aromatic carbocycles. The van der Waals surface area contributed by atoms with Crippen molar-refractivity contribution in [2.24, 2.45) is 0 Å². The SMILES string of the molecule is Oc1c(F)c(F)c(Cc2c(F)c(Cl)c(O)c(Br)c2F)c(F)c1F. The lowest BCUT2D eigenvalue weighted by molar-refractivity contribution is 0.351. The Kier molecular flexibility index (Phi) is 4.72. The van der Waals surface area contributed by atoms with Crippen LogP contribution in [0.5, 0.6) is 11.5 Å². The molecule has 0 bridgehead atoms. The number of phenolic OH excluding ortho intramolecular Hbond substituents is 2. The smallest absolute Gasteiger partial charge is 0.203 e. The van der Waals surface area contributed by atoms with E-state index in [-0.39, 0.29) is 0 Å². The average Bonchev–Trinajstić information content (AvgIpc) is 2.54. The highest BCUT2D eigenvalue weighted by molar-refractivity contribution is 9.10. The fourth-order valence-corrected chi connectivity index (χ4v) is 2.58. The lowest BCUT2D eigenvalue weighted by Crippen LogP contribution is -2.08. The van der Waals surface area contributed by atoms with Crippen LogP contribution in [0.4, 0.5) is 26.3 Å². The van der Waals surface area contributed by atoms with Gasteiger partial charge in [-0.2, -0.15) is 8.78 Å². The molecule has 2 N–H and O–H groups in total. The van der Waals surface area contributed by atoms with Crippen molar-refractivity contribution in [3.05, 3.63) is 55.5 Å². The number of benzene rings is 2. The Bertz CT molecular complexity index is 702. The van der Waals surface area contributed by atoms with Crippen LogP contribution in [0.2, 0.25) is 5.02 Å². The van der Waals surface area contributed by atoms with Crippen molar-refractivity contribution in [2.45, 2.75) is 6.42 Å². The van der Waals surface area contributed by atoms with E-state index in [1.54, 1.807) is 0 Å². The van der Waals surface area contributed by atoms with Gasteiger partial charge in [-0.3, -0.25) is 0 Å². The van der Waals surface area contributed by atoms with E-state index in [2.05, 4.69) is 15.9 Å². The van der Waals surface area contributed by atoms with Crippen molar-refractivity contribution in [3.63, 3.8) is 0 Å². The first-order valence-electron chi connectivity index (χ1n) is 5.67. The van der Waals surface area contributed by atoms with Crippen LogP contribution in [-0.4, -0.2) is 10.2 Å². The van der Waals surface area contributed by atoms with E-state index < -0.39 is 73.4 Å². The summed E-state index contributed by atoms with van der Waals surface area (Å²) in [4.78, 5) is 0. The fraction of sp³-hybridized carbons (Fsp3) is 0.0769. The lowest BCUT2D eigenvalue weighted by Gasteiger charge is -2.13. The topological polar surface area (TPSA) is 40.5 Å². The molecule has 0 aliphatic rings. The Balaban J connectivity index is 2.71. The second-order valence-electron chi connectivity index (χ2n) is 4.34. The summed E-state index contributed by atoms with van der Waals surface area (Å²) >= 11 is 7.95. The van der Waals surface area contributed by atoms with Crippen LogP contribution in [0.1, 0.15) is 11.1 Å². The standard InChI is InChI=1S/C13H4BrClF6O2/c14-4-6(16)2(7(17)5(15)12(4)22)1-3-8(18)10(20)13(23)11(21)9(3)19/h22-23H,1H2. The zero-order valence-corrected chi connectivity index (χ0v) is 13.0. The molecule has 10 heteroatoms. The van der Waals surface area contributed by atoms with Crippen molar-refractivity contribution >= 4 is 27.5 Å². The van der Waals surface area contributed by atoms with Crippen LogP contribution in [0.15, 0.2) is 4.47 Å². The molecule has 23 heavy (non-hydrogen) atoms. The molecule has 0 aliphatic carbocycles. The zero-order valence-electron chi connectivity index (χ0n) is 10.6. The summed E-state index contributed by atoms with van der Waals surface area (Å²) in [7, 11) is 0. The molecule has 0 spiro atoms. The Labute approximate surface area is 138 Å². The minimum Gasteiger partial charge on any atom is -0.505 e. The average molecular weight is 422 g/mol. The first kappa shape index (κ1) is 17.7. The van der Waals surface area contributed by atoms with Gasteiger partial charge >= 0.3 is 0 Å². The van der Waals surface area contributed by atoms with Gasteiger partial charge in [-0.05, 0) is 15.9 Å². The molecule has 0 atom stereocenters. The molecule has 0 amide bonds. The van der Waals surface area contributed by atoms with Crippen molar-refractivity contribution in [1.82, 2.24) is 0 Å². The summed E-state index contributed by atoms with van der Waals surface area (Å²) in [6, 6.07) is 0. The molecular weight excluding hydrogens is 417 g/mol. The molecule has 2 aromatic rings. The Morgan fingerprint density at radius 3 is 1.61 bits per heavy atom. The first-order chi connectivity index (χ1) is 10.6. The van der Waals surface area contributed by atoms with Crippen LogP contribution in [0, 0.1) is 34.9 Å². The highest BCUT2D eigenvalue weighted by Crippen LogP contribution is 2.40. The van der Waals surface area contributed by atoms with Crippen LogP contribution in [0.3, 0.4) is 0 Å². The van der Waals surface area contributed by atoms with E-state index >= 15 is 0 Å².